The van der Waals surface area contributed by atoms with Crippen molar-refractivity contribution in [2.75, 3.05) is 0 Å². The van der Waals surface area contributed by atoms with Crippen molar-refractivity contribution in [1.82, 2.24) is 0 Å². The molecule has 0 heterocycles. The van der Waals surface area contributed by atoms with E-state index in [1.165, 1.54) is 32.1 Å². The molecule has 13 heavy (non-hydrogen) atoms. The summed E-state index contributed by atoms with van der Waals surface area (Å²) in [4.78, 5) is 0. The van der Waals surface area contributed by atoms with Gasteiger partial charge in [0.1, 0.15) is 0 Å². The topological polar surface area (TPSA) is 0 Å². The summed E-state index contributed by atoms with van der Waals surface area (Å²) in [7, 11) is 0. The monoisotopic (exact) mass is 180 g/mol. The molecule has 0 saturated carbocycles. The fraction of sp³-hybridized carbons (Fsp3) is 0.846. The first-order valence-electron chi connectivity index (χ1n) is 5.68. The lowest BCUT2D eigenvalue weighted by atomic mass is 9.90. The summed E-state index contributed by atoms with van der Waals surface area (Å²) in [6.07, 6.45) is 12.8. The van der Waals surface area contributed by atoms with Gasteiger partial charge in [0, 0.05) is 6.42 Å². The molecule has 0 aromatic heterocycles. The molecule has 0 aliphatic rings. The highest BCUT2D eigenvalue weighted by atomic mass is 14.1. The molecule has 0 fully saturated rings. The van der Waals surface area contributed by atoms with Crippen LogP contribution in [-0.2, 0) is 0 Å². The molecule has 0 amide bonds. The number of hydrogen-bond donors (Lipinski definition) is 0. The molecule has 0 N–H and O–H groups in total. The summed E-state index contributed by atoms with van der Waals surface area (Å²) in [6.45, 7) is 6.89. The smallest absolute Gasteiger partial charge is 0.00886 e. The summed E-state index contributed by atoms with van der Waals surface area (Å²) in [5.41, 5.74) is 0. The van der Waals surface area contributed by atoms with E-state index in [9.17, 15) is 0 Å². The van der Waals surface area contributed by atoms with E-state index in [2.05, 4.69) is 26.7 Å². The molecule has 0 aromatic rings. The Morgan fingerprint density at radius 1 is 1.08 bits per heavy atom. The summed E-state index contributed by atoms with van der Waals surface area (Å²) in [5, 5.41) is 0. The predicted molar refractivity (Wildman–Crippen MR) is 60.5 cm³/mol. The normalized spacial score (nSPS) is 14.9. The molecule has 76 valence electrons. The van der Waals surface area contributed by atoms with Crippen molar-refractivity contribution in [3.8, 4) is 12.3 Å². The van der Waals surface area contributed by atoms with Crippen molar-refractivity contribution in [1.29, 1.82) is 0 Å². The van der Waals surface area contributed by atoms with Gasteiger partial charge in [0.2, 0.25) is 0 Å². The molecular weight excluding hydrogens is 156 g/mol. The Labute approximate surface area is 84.1 Å². The molecule has 0 aromatic carbocycles. The van der Waals surface area contributed by atoms with Crippen LogP contribution >= 0.6 is 0 Å². The SMILES string of the molecule is C#CCCC(CC)CCC(C)CC. The van der Waals surface area contributed by atoms with Gasteiger partial charge in [0.15, 0.2) is 0 Å². The minimum absolute atomic E-state index is 0.866. The first kappa shape index (κ1) is 12.6. The van der Waals surface area contributed by atoms with E-state index in [-0.39, 0.29) is 0 Å². The fourth-order valence-electron chi connectivity index (χ4n) is 1.56. The molecule has 0 bridgehead atoms. The third-order valence-electron chi connectivity index (χ3n) is 3.04. The van der Waals surface area contributed by atoms with Crippen molar-refractivity contribution in [2.24, 2.45) is 11.8 Å². The number of rotatable bonds is 7. The molecule has 0 heteroatoms. The van der Waals surface area contributed by atoms with Crippen molar-refractivity contribution < 1.29 is 0 Å². The third-order valence-corrected chi connectivity index (χ3v) is 3.04. The quantitative estimate of drug-likeness (QED) is 0.514. The maximum absolute atomic E-state index is 5.26. The second-order valence-corrected chi connectivity index (χ2v) is 4.11. The molecular formula is C13H24. The van der Waals surface area contributed by atoms with Crippen molar-refractivity contribution in [3.63, 3.8) is 0 Å². The van der Waals surface area contributed by atoms with E-state index in [1.54, 1.807) is 0 Å². The highest BCUT2D eigenvalue weighted by Gasteiger charge is 2.07. The third kappa shape index (κ3) is 6.70. The number of terminal acetylenes is 1. The average molecular weight is 180 g/mol. The Balaban J connectivity index is 3.54. The molecule has 0 spiro atoms. The van der Waals surface area contributed by atoms with E-state index >= 15 is 0 Å². The van der Waals surface area contributed by atoms with Crippen LogP contribution in [0.2, 0.25) is 0 Å². The van der Waals surface area contributed by atoms with Crippen LogP contribution < -0.4 is 0 Å². The zero-order valence-electron chi connectivity index (χ0n) is 9.47. The maximum atomic E-state index is 5.26. The highest BCUT2D eigenvalue weighted by molar-refractivity contribution is 4.84. The van der Waals surface area contributed by atoms with Crippen molar-refractivity contribution in [3.05, 3.63) is 0 Å². The molecule has 0 rings (SSSR count). The second-order valence-electron chi connectivity index (χ2n) is 4.11. The maximum Gasteiger partial charge on any atom is 0.00886 e. The van der Waals surface area contributed by atoms with Crippen molar-refractivity contribution >= 4 is 0 Å². The van der Waals surface area contributed by atoms with Crippen LogP contribution in [0.25, 0.3) is 0 Å². The van der Waals surface area contributed by atoms with Crippen LogP contribution in [0.4, 0.5) is 0 Å². The van der Waals surface area contributed by atoms with Gasteiger partial charge in [0.25, 0.3) is 0 Å². The summed E-state index contributed by atoms with van der Waals surface area (Å²) < 4.78 is 0. The standard InChI is InChI=1S/C13H24/c1-5-8-9-13(7-3)11-10-12(4)6-2/h1,12-13H,6-11H2,2-4H3. The van der Waals surface area contributed by atoms with Crippen LogP contribution in [0, 0.1) is 24.2 Å². The van der Waals surface area contributed by atoms with Crippen molar-refractivity contribution in [2.45, 2.75) is 59.3 Å². The first-order valence-corrected chi connectivity index (χ1v) is 5.68. The summed E-state index contributed by atoms with van der Waals surface area (Å²) >= 11 is 0. The summed E-state index contributed by atoms with van der Waals surface area (Å²) in [6, 6.07) is 0. The minimum atomic E-state index is 0.866. The predicted octanol–water partition coefficient (Wildman–Crippen LogP) is 4.25. The zero-order valence-corrected chi connectivity index (χ0v) is 9.47. The average Bonchev–Trinajstić information content (AvgIpc) is 2.17. The Morgan fingerprint density at radius 3 is 2.23 bits per heavy atom. The van der Waals surface area contributed by atoms with Gasteiger partial charge >= 0.3 is 0 Å². The largest absolute Gasteiger partial charge is 0.120 e. The van der Waals surface area contributed by atoms with Crippen LogP contribution in [0.15, 0.2) is 0 Å². The number of hydrogen-bond acceptors (Lipinski definition) is 0. The van der Waals surface area contributed by atoms with Crippen LogP contribution in [-0.4, -0.2) is 0 Å². The van der Waals surface area contributed by atoms with Gasteiger partial charge in [-0.05, 0) is 18.3 Å². The lowest BCUT2D eigenvalue weighted by molar-refractivity contribution is 0.378. The molecule has 2 atom stereocenters. The lowest BCUT2D eigenvalue weighted by Crippen LogP contribution is -2.02. The molecule has 0 radical (unpaired) electrons. The molecule has 0 aliphatic carbocycles. The lowest BCUT2D eigenvalue weighted by Gasteiger charge is -2.15. The van der Waals surface area contributed by atoms with Gasteiger partial charge in [-0.2, -0.15) is 0 Å². The van der Waals surface area contributed by atoms with Crippen LogP contribution in [0.3, 0.4) is 0 Å². The van der Waals surface area contributed by atoms with E-state index in [0.717, 1.165) is 18.3 Å². The molecule has 2 unspecified atom stereocenters. The molecule has 0 saturated heterocycles. The first-order chi connectivity index (χ1) is 6.24. The zero-order chi connectivity index (χ0) is 10.1. The molecule has 0 nitrogen and oxygen atoms in total. The Hall–Kier alpha value is -0.440. The van der Waals surface area contributed by atoms with Gasteiger partial charge < -0.3 is 0 Å². The van der Waals surface area contributed by atoms with Crippen LogP contribution in [0.5, 0.6) is 0 Å². The highest BCUT2D eigenvalue weighted by Crippen LogP contribution is 2.21. The molecule has 0 aliphatic heterocycles. The van der Waals surface area contributed by atoms with Gasteiger partial charge in [-0.3, -0.25) is 0 Å². The van der Waals surface area contributed by atoms with E-state index in [0.29, 0.717) is 0 Å². The minimum Gasteiger partial charge on any atom is -0.120 e. The van der Waals surface area contributed by atoms with Gasteiger partial charge in [-0.15, -0.1) is 12.3 Å². The second kappa shape index (κ2) is 8.17. The van der Waals surface area contributed by atoms with E-state index in [1.807, 2.05) is 0 Å². The Kier molecular flexibility index (Phi) is 7.90. The Bertz CT molecular complexity index is 141. The summed E-state index contributed by atoms with van der Waals surface area (Å²) in [5.74, 6) is 4.49. The Morgan fingerprint density at radius 2 is 1.77 bits per heavy atom. The van der Waals surface area contributed by atoms with Gasteiger partial charge in [0.05, 0.1) is 0 Å². The van der Waals surface area contributed by atoms with Crippen LogP contribution in [0.1, 0.15) is 59.3 Å². The van der Waals surface area contributed by atoms with Gasteiger partial charge in [-0.1, -0.05) is 46.5 Å². The fourth-order valence-corrected chi connectivity index (χ4v) is 1.56. The van der Waals surface area contributed by atoms with E-state index < -0.39 is 0 Å². The van der Waals surface area contributed by atoms with E-state index in [4.69, 9.17) is 6.42 Å². The van der Waals surface area contributed by atoms with Gasteiger partial charge in [-0.25, -0.2) is 0 Å².